The van der Waals surface area contributed by atoms with Gasteiger partial charge in [0.25, 0.3) is 0 Å². The first kappa shape index (κ1) is 21.4. The predicted molar refractivity (Wildman–Crippen MR) is 122 cm³/mol. The molecule has 0 aliphatic carbocycles. The Bertz CT molecular complexity index is 966. The highest BCUT2D eigenvalue weighted by atomic mass is 35.5. The summed E-state index contributed by atoms with van der Waals surface area (Å²) in [5.41, 5.74) is 5.24. The van der Waals surface area contributed by atoms with E-state index in [-0.39, 0.29) is 11.1 Å². The lowest BCUT2D eigenvalue weighted by Crippen LogP contribution is -2.48. The molecule has 5 heteroatoms. The van der Waals surface area contributed by atoms with Crippen molar-refractivity contribution in [2.45, 2.75) is 58.9 Å². The first-order valence-electron chi connectivity index (χ1n) is 10.1. The Kier molecular flexibility index (Phi) is 6.04. The van der Waals surface area contributed by atoms with E-state index in [4.69, 9.17) is 11.6 Å². The van der Waals surface area contributed by atoms with Crippen LogP contribution in [0.4, 0.5) is 11.4 Å². The molecule has 0 spiro atoms. The van der Waals surface area contributed by atoms with Crippen LogP contribution in [0.25, 0.3) is 0 Å². The number of aryl methyl sites for hydroxylation is 1. The summed E-state index contributed by atoms with van der Waals surface area (Å²) < 4.78 is 0. The summed E-state index contributed by atoms with van der Waals surface area (Å²) in [6, 6.07) is 9.16. The maximum atomic E-state index is 11.2. The lowest BCUT2D eigenvalue weighted by atomic mass is 9.79. The van der Waals surface area contributed by atoms with E-state index in [0.29, 0.717) is 16.6 Å². The van der Waals surface area contributed by atoms with Gasteiger partial charge in [0.2, 0.25) is 0 Å². The second-order valence-corrected chi connectivity index (χ2v) is 8.97. The Balaban J connectivity index is 2.01. The van der Waals surface area contributed by atoms with Crippen molar-refractivity contribution >= 4 is 35.2 Å². The van der Waals surface area contributed by atoms with Crippen molar-refractivity contribution in [1.82, 2.24) is 0 Å². The van der Waals surface area contributed by atoms with Gasteiger partial charge < -0.3 is 10.0 Å². The highest BCUT2D eigenvalue weighted by Crippen LogP contribution is 2.45. The molecule has 0 fully saturated rings. The zero-order chi connectivity index (χ0) is 21.3. The van der Waals surface area contributed by atoms with Crippen LogP contribution in [-0.4, -0.2) is 29.4 Å². The SMILES string of the molecule is CCCN1c2cc(Cl)c(C=Nc3cc(C(=O)O)ccc3C)cc2C(C)CC1(C)C. The number of halogens is 1. The second-order valence-electron chi connectivity index (χ2n) is 8.57. The molecule has 2 aromatic rings. The van der Waals surface area contributed by atoms with E-state index in [1.165, 1.54) is 11.3 Å². The third kappa shape index (κ3) is 4.32. The fraction of sp³-hybridized carbons (Fsp3) is 0.417. The molecule has 4 nitrogen and oxygen atoms in total. The molecule has 1 atom stereocenters. The first-order chi connectivity index (χ1) is 13.6. The molecule has 0 radical (unpaired) electrons. The van der Waals surface area contributed by atoms with E-state index in [1.807, 2.05) is 6.92 Å². The van der Waals surface area contributed by atoms with Crippen molar-refractivity contribution in [2.75, 3.05) is 11.4 Å². The van der Waals surface area contributed by atoms with Gasteiger partial charge in [-0.2, -0.15) is 0 Å². The van der Waals surface area contributed by atoms with Gasteiger partial charge >= 0.3 is 5.97 Å². The lowest BCUT2D eigenvalue weighted by molar-refractivity contribution is 0.0697. The maximum Gasteiger partial charge on any atom is 0.335 e. The molecule has 1 aliphatic rings. The van der Waals surface area contributed by atoms with E-state index >= 15 is 0 Å². The molecule has 1 aliphatic heterocycles. The molecule has 0 bridgehead atoms. The van der Waals surface area contributed by atoms with Crippen LogP contribution >= 0.6 is 11.6 Å². The van der Waals surface area contributed by atoms with Gasteiger partial charge in [0.1, 0.15) is 0 Å². The Morgan fingerprint density at radius 1 is 1.34 bits per heavy atom. The lowest BCUT2D eigenvalue weighted by Gasteiger charge is -2.47. The van der Waals surface area contributed by atoms with Crippen LogP contribution in [-0.2, 0) is 0 Å². The van der Waals surface area contributed by atoms with Crippen LogP contribution in [0.3, 0.4) is 0 Å². The summed E-state index contributed by atoms with van der Waals surface area (Å²) in [5, 5.41) is 9.88. The summed E-state index contributed by atoms with van der Waals surface area (Å²) in [5.74, 6) is -0.532. The highest BCUT2D eigenvalue weighted by Gasteiger charge is 2.36. The van der Waals surface area contributed by atoms with E-state index in [2.05, 4.69) is 49.7 Å². The Morgan fingerprint density at radius 2 is 2.07 bits per heavy atom. The normalized spacial score (nSPS) is 18.1. The van der Waals surface area contributed by atoms with Gasteiger partial charge in [0.05, 0.1) is 16.3 Å². The molecular weight excluding hydrogens is 384 g/mol. The van der Waals surface area contributed by atoms with Crippen molar-refractivity contribution in [2.24, 2.45) is 4.99 Å². The molecule has 154 valence electrons. The van der Waals surface area contributed by atoms with Crippen LogP contribution in [0.15, 0.2) is 35.3 Å². The summed E-state index contributed by atoms with van der Waals surface area (Å²) in [7, 11) is 0. The van der Waals surface area contributed by atoms with Gasteiger partial charge in [0, 0.05) is 29.5 Å². The third-order valence-corrected chi connectivity index (χ3v) is 6.08. The zero-order valence-corrected chi connectivity index (χ0v) is 18.5. The monoisotopic (exact) mass is 412 g/mol. The predicted octanol–water partition coefficient (Wildman–Crippen LogP) is 6.60. The molecule has 3 rings (SSSR count). The number of anilines is 1. The van der Waals surface area contributed by atoms with E-state index < -0.39 is 5.97 Å². The topological polar surface area (TPSA) is 52.9 Å². The number of rotatable bonds is 5. The average molecular weight is 413 g/mol. The van der Waals surface area contributed by atoms with Crippen molar-refractivity contribution in [3.63, 3.8) is 0 Å². The summed E-state index contributed by atoms with van der Waals surface area (Å²) in [4.78, 5) is 18.3. The zero-order valence-electron chi connectivity index (χ0n) is 17.8. The Morgan fingerprint density at radius 3 is 2.72 bits per heavy atom. The molecule has 29 heavy (non-hydrogen) atoms. The first-order valence-corrected chi connectivity index (χ1v) is 10.5. The molecule has 2 aromatic carbocycles. The van der Waals surface area contributed by atoms with Crippen molar-refractivity contribution < 1.29 is 9.90 Å². The van der Waals surface area contributed by atoms with Crippen LogP contribution in [0.5, 0.6) is 0 Å². The number of hydrogen-bond donors (Lipinski definition) is 1. The number of benzene rings is 2. The van der Waals surface area contributed by atoms with Gasteiger partial charge in [-0.3, -0.25) is 4.99 Å². The van der Waals surface area contributed by atoms with Gasteiger partial charge in [-0.1, -0.05) is 31.5 Å². The fourth-order valence-corrected chi connectivity index (χ4v) is 4.49. The second kappa shape index (κ2) is 8.19. The molecule has 0 saturated heterocycles. The number of aliphatic imine (C=N–C) groups is 1. The smallest absolute Gasteiger partial charge is 0.335 e. The maximum absolute atomic E-state index is 11.2. The number of aromatic carboxylic acids is 1. The van der Waals surface area contributed by atoms with E-state index in [0.717, 1.165) is 30.5 Å². The van der Waals surface area contributed by atoms with Crippen molar-refractivity contribution in [3.8, 4) is 0 Å². The minimum absolute atomic E-state index is 0.0930. The molecule has 1 unspecified atom stereocenters. The van der Waals surface area contributed by atoms with Crippen LogP contribution in [0.1, 0.15) is 73.5 Å². The number of carboxylic acids is 1. The van der Waals surface area contributed by atoms with E-state index in [9.17, 15) is 9.90 Å². The average Bonchev–Trinajstić information content (AvgIpc) is 2.64. The largest absolute Gasteiger partial charge is 0.478 e. The minimum atomic E-state index is -0.958. The van der Waals surface area contributed by atoms with E-state index in [1.54, 1.807) is 24.4 Å². The highest BCUT2D eigenvalue weighted by molar-refractivity contribution is 6.33. The quantitative estimate of drug-likeness (QED) is 0.563. The molecule has 0 saturated carbocycles. The number of nitrogens with zero attached hydrogens (tertiary/aromatic N) is 2. The third-order valence-electron chi connectivity index (χ3n) is 5.75. The molecule has 0 amide bonds. The molecular formula is C24H29ClN2O2. The molecule has 1 N–H and O–H groups in total. The molecule has 0 aromatic heterocycles. The van der Waals surface area contributed by atoms with Gasteiger partial charge in [-0.05, 0) is 74.9 Å². The Labute approximate surface area is 178 Å². The standard InChI is InChI=1S/C24H29ClN2O2/c1-6-9-27-22-12-20(25)18(10-19(22)16(3)13-24(27,4)5)14-26-21-11-17(23(28)29)8-7-15(21)2/h7-8,10-12,14,16H,6,9,13H2,1-5H3,(H,28,29). The van der Waals surface area contributed by atoms with Crippen molar-refractivity contribution in [1.29, 1.82) is 0 Å². The number of carbonyl (C=O) groups is 1. The van der Waals surface area contributed by atoms with Crippen LogP contribution in [0, 0.1) is 6.92 Å². The Hall–Kier alpha value is -2.33. The number of hydrogen-bond acceptors (Lipinski definition) is 3. The number of fused-ring (bicyclic) bond motifs is 1. The van der Waals surface area contributed by atoms with Gasteiger partial charge in [-0.15, -0.1) is 0 Å². The number of carboxylic acid groups (broad SMARTS) is 1. The van der Waals surface area contributed by atoms with Gasteiger partial charge in [-0.25, -0.2) is 4.79 Å². The fourth-order valence-electron chi connectivity index (χ4n) is 4.29. The summed E-state index contributed by atoms with van der Waals surface area (Å²) in [6.07, 6.45) is 3.91. The van der Waals surface area contributed by atoms with Crippen molar-refractivity contribution in [3.05, 3.63) is 57.6 Å². The van der Waals surface area contributed by atoms with Crippen LogP contribution in [0.2, 0.25) is 5.02 Å². The molecule has 1 heterocycles. The summed E-state index contributed by atoms with van der Waals surface area (Å²) >= 11 is 6.64. The van der Waals surface area contributed by atoms with Crippen LogP contribution < -0.4 is 4.90 Å². The van der Waals surface area contributed by atoms with Gasteiger partial charge in [0.15, 0.2) is 0 Å². The minimum Gasteiger partial charge on any atom is -0.478 e. The summed E-state index contributed by atoms with van der Waals surface area (Å²) in [6.45, 7) is 12.0.